The van der Waals surface area contributed by atoms with Gasteiger partial charge in [-0.15, -0.1) is 0 Å². The molecule has 0 atom stereocenters. The highest BCUT2D eigenvalue weighted by atomic mass is 32.2. The minimum absolute atomic E-state index is 0.226. The molecule has 1 aromatic carbocycles. The van der Waals surface area contributed by atoms with E-state index >= 15 is 0 Å². The first kappa shape index (κ1) is 13.5. The molecule has 0 aromatic heterocycles. The molecule has 1 amide bonds. The molecule has 0 fully saturated rings. The third kappa shape index (κ3) is 3.29. The summed E-state index contributed by atoms with van der Waals surface area (Å²) in [5, 5.41) is 0. The van der Waals surface area contributed by atoms with Crippen molar-refractivity contribution in [1.82, 2.24) is 4.90 Å². The molecule has 0 N–H and O–H groups in total. The second-order valence-corrected chi connectivity index (χ2v) is 6.00. The lowest BCUT2D eigenvalue weighted by Crippen LogP contribution is -2.32. The molecule has 0 unspecified atom stereocenters. The Hall–Kier alpha value is -0.960. The van der Waals surface area contributed by atoms with E-state index in [0.717, 1.165) is 49.4 Å². The molecule has 1 aromatic rings. The predicted octanol–water partition coefficient (Wildman–Crippen LogP) is 3.22. The molecule has 0 saturated heterocycles. The fraction of sp³-hybridized carbons (Fsp3) is 0.533. The number of amides is 1. The van der Waals surface area contributed by atoms with Gasteiger partial charge in [0, 0.05) is 18.7 Å². The van der Waals surface area contributed by atoms with E-state index in [4.69, 9.17) is 0 Å². The van der Waals surface area contributed by atoms with Crippen molar-refractivity contribution < 1.29 is 4.79 Å². The summed E-state index contributed by atoms with van der Waals surface area (Å²) in [6, 6.07) is 8.05. The van der Waals surface area contributed by atoms with E-state index in [0.29, 0.717) is 0 Å². The third-order valence-electron chi connectivity index (χ3n) is 3.33. The van der Waals surface area contributed by atoms with E-state index in [1.165, 1.54) is 5.56 Å². The zero-order chi connectivity index (χ0) is 12.8. The molecule has 1 heterocycles. The molecule has 2 nitrogen and oxygen atoms in total. The second kappa shape index (κ2) is 6.83. The van der Waals surface area contributed by atoms with Crippen LogP contribution in [0.15, 0.2) is 24.3 Å². The standard InChI is InChI=1S/C15H21NOS/c1-2-18-12-6-11-16-10-5-8-13-7-3-4-9-14(13)15(16)17/h3-4,7,9H,2,5-6,8,10-12H2,1H3. The van der Waals surface area contributed by atoms with Gasteiger partial charge in [-0.3, -0.25) is 4.79 Å². The van der Waals surface area contributed by atoms with Crippen LogP contribution in [0.25, 0.3) is 0 Å². The van der Waals surface area contributed by atoms with E-state index in [-0.39, 0.29) is 5.91 Å². The second-order valence-electron chi connectivity index (χ2n) is 4.60. The molecule has 1 aliphatic rings. The van der Waals surface area contributed by atoms with Gasteiger partial charge in [0.2, 0.25) is 0 Å². The fourth-order valence-corrected chi connectivity index (χ4v) is 3.02. The number of rotatable bonds is 5. The Kier molecular flexibility index (Phi) is 5.12. The van der Waals surface area contributed by atoms with Gasteiger partial charge in [0.05, 0.1) is 0 Å². The number of aryl methyl sites for hydroxylation is 1. The van der Waals surface area contributed by atoms with Crippen LogP contribution in [0.2, 0.25) is 0 Å². The van der Waals surface area contributed by atoms with Gasteiger partial charge in [-0.25, -0.2) is 0 Å². The van der Waals surface area contributed by atoms with Crippen molar-refractivity contribution in [3.05, 3.63) is 35.4 Å². The number of nitrogens with zero attached hydrogens (tertiary/aromatic N) is 1. The molecule has 0 aliphatic carbocycles. The summed E-state index contributed by atoms with van der Waals surface area (Å²) < 4.78 is 0. The van der Waals surface area contributed by atoms with Crippen LogP contribution in [0.3, 0.4) is 0 Å². The lowest BCUT2D eigenvalue weighted by atomic mass is 10.0. The van der Waals surface area contributed by atoms with Crippen molar-refractivity contribution in [2.75, 3.05) is 24.6 Å². The quantitative estimate of drug-likeness (QED) is 0.760. The maximum Gasteiger partial charge on any atom is 0.254 e. The van der Waals surface area contributed by atoms with E-state index in [1.807, 2.05) is 34.9 Å². The minimum atomic E-state index is 0.226. The van der Waals surface area contributed by atoms with Crippen LogP contribution >= 0.6 is 11.8 Å². The number of benzene rings is 1. The molecule has 18 heavy (non-hydrogen) atoms. The van der Waals surface area contributed by atoms with Crippen molar-refractivity contribution >= 4 is 17.7 Å². The number of hydrogen-bond acceptors (Lipinski definition) is 2. The van der Waals surface area contributed by atoms with Gasteiger partial charge in [-0.2, -0.15) is 11.8 Å². The van der Waals surface area contributed by atoms with Crippen molar-refractivity contribution in [2.45, 2.75) is 26.2 Å². The van der Waals surface area contributed by atoms with Crippen molar-refractivity contribution in [1.29, 1.82) is 0 Å². The normalized spacial score (nSPS) is 15.4. The van der Waals surface area contributed by atoms with Crippen LogP contribution in [0.1, 0.15) is 35.7 Å². The third-order valence-corrected chi connectivity index (χ3v) is 4.32. The van der Waals surface area contributed by atoms with Crippen LogP contribution < -0.4 is 0 Å². The van der Waals surface area contributed by atoms with Crippen LogP contribution in [0.5, 0.6) is 0 Å². The summed E-state index contributed by atoms with van der Waals surface area (Å²) in [6.07, 6.45) is 3.22. The maximum absolute atomic E-state index is 12.4. The predicted molar refractivity (Wildman–Crippen MR) is 78.3 cm³/mol. The molecule has 0 spiro atoms. The Balaban J connectivity index is 1.99. The van der Waals surface area contributed by atoms with Crippen LogP contribution in [0.4, 0.5) is 0 Å². The summed E-state index contributed by atoms with van der Waals surface area (Å²) >= 11 is 1.95. The zero-order valence-electron chi connectivity index (χ0n) is 11.0. The number of carbonyl (C=O) groups is 1. The van der Waals surface area contributed by atoms with Gasteiger partial charge in [0.15, 0.2) is 0 Å². The van der Waals surface area contributed by atoms with Gasteiger partial charge in [-0.1, -0.05) is 25.1 Å². The Morgan fingerprint density at radius 3 is 3.00 bits per heavy atom. The highest BCUT2D eigenvalue weighted by Gasteiger charge is 2.21. The van der Waals surface area contributed by atoms with Gasteiger partial charge < -0.3 is 4.90 Å². The highest BCUT2D eigenvalue weighted by molar-refractivity contribution is 7.99. The van der Waals surface area contributed by atoms with Crippen molar-refractivity contribution in [2.24, 2.45) is 0 Å². The molecule has 98 valence electrons. The average molecular weight is 263 g/mol. The molecule has 0 bridgehead atoms. The van der Waals surface area contributed by atoms with E-state index in [9.17, 15) is 4.79 Å². The molecule has 0 radical (unpaired) electrons. The molecule has 1 aliphatic heterocycles. The van der Waals surface area contributed by atoms with Crippen molar-refractivity contribution in [3.8, 4) is 0 Å². The summed E-state index contributed by atoms with van der Waals surface area (Å²) in [5.41, 5.74) is 2.13. The summed E-state index contributed by atoms with van der Waals surface area (Å²) in [7, 11) is 0. The number of carbonyl (C=O) groups excluding carboxylic acids is 1. The largest absolute Gasteiger partial charge is 0.339 e. The first-order valence-corrected chi connectivity index (χ1v) is 7.93. The Morgan fingerprint density at radius 2 is 2.17 bits per heavy atom. The lowest BCUT2D eigenvalue weighted by Gasteiger charge is -2.20. The van der Waals surface area contributed by atoms with Crippen LogP contribution in [-0.2, 0) is 6.42 Å². The first-order valence-electron chi connectivity index (χ1n) is 6.78. The fourth-order valence-electron chi connectivity index (χ4n) is 2.39. The first-order chi connectivity index (χ1) is 8.83. The molecular formula is C15H21NOS. The number of fused-ring (bicyclic) bond motifs is 1. The van der Waals surface area contributed by atoms with Crippen LogP contribution in [0, 0.1) is 0 Å². The number of thioether (sulfide) groups is 1. The lowest BCUT2D eigenvalue weighted by molar-refractivity contribution is 0.0761. The Labute approximate surface area is 114 Å². The topological polar surface area (TPSA) is 20.3 Å². The molecule has 0 saturated carbocycles. The summed E-state index contributed by atoms with van der Waals surface area (Å²) in [4.78, 5) is 14.4. The Morgan fingerprint density at radius 1 is 1.33 bits per heavy atom. The highest BCUT2D eigenvalue weighted by Crippen LogP contribution is 2.18. The molecular weight excluding hydrogens is 242 g/mol. The maximum atomic E-state index is 12.4. The van der Waals surface area contributed by atoms with Gasteiger partial charge in [0.1, 0.15) is 0 Å². The average Bonchev–Trinajstić information content (AvgIpc) is 2.56. The van der Waals surface area contributed by atoms with Crippen molar-refractivity contribution in [3.63, 3.8) is 0 Å². The Bertz CT molecular complexity index is 405. The van der Waals surface area contributed by atoms with E-state index in [1.54, 1.807) is 0 Å². The van der Waals surface area contributed by atoms with E-state index in [2.05, 4.69) is 13.0 Å². The molecule has 3 heteroatoms. The SMILES string of the molecule is CCSCCCN1CCCc2ccccc2C1=O. The van der Waals surface area contributed by atoms with Gasteiger partial charge >= 0.3 is 0 Å². The summed E-state index contributed by atoms with van der Waals surface area (Å²) in [5.74, 6) is 2.54. The molecule has 2 rings (SSSR count). The minimum Gasteiger partial charge on any atom is -0.339 e. The zero-order valence-corrected chi connectivity index (χ0v) is 11.8. The smallest absolute Gasteiger partial charge is 0.254 e. The van der Waals surface area contributed by atoms with Crippen LogP contribution in [-0.4, -0.2) is 35.4 Å². The monoisotopic (exact) mass is 263 g/mol. The summed E-state index contributed by atoms with van der Waals surface area (Å²) in [6.45, 7) is 3.99. The van der Waals surface area contributed by atoms with E-state index < -0.39 is 0 Å². The van der Waals surface area contributed by atoms with Gasteiger partial charge in [0.25, 0.3) is 5.91 Å². The number of hydrogen-bond donors (Lipinski definition) is 0. The van der Waals surface area contributed by atoms with Gasteiger partial charge in [-0.05, 0) is 42.4 Å².